The van der Waals surface area contributed by atoms with Gasteiger partial charge in [-0.1, -0.05) is 12.1 Å². The van der Waals surface area contributed by atoms with Gasteiger partial charge in [0, 0.05) is 0 Å². The van der Waals surface area contributed by atoms with Gasteiger partial charge in [0.05, 0.1) is 5.88 Å². The van der Waals surface area contributed by atoms with Crippen molar-refractivity contribution in [3.63, 3.8) is 0 Å². The third-order valence-electron chi connectivity index (χ3n) is 1.78. The highest BCUT2D eigenvalue weighted by Crippen LogP contribution is 2.19. The van der Waals surface area contributed by atoms with Crippen LogP contribution in [0.15, 0.2) is 22.6 Å². The minimum atomic E-state index is 0.327. The van der Waals surface area contributed by atoms with Crippen LogP contribution in [-0.4, -0.2) is 4.98 Å². The Labute approximate surface area is 75.2 Å². The molecule has 1 heterocycles. The second kappa shape index (κ2) is 2.79. The van der Waals surface area contributed by atoms with Crippen LogP contribution in [0.5, 0.6) is 0 Å². The Morgan fingerprint density at radius 2 is 2.33 bits per heavy atom. The standard InChI is InChI=1S/C9H8ClNO/c1-6-3-2-4-7-9(6)11-8(5-10)12-7/h2-4H,5H2,1H3. The van der Waals surface area contributed by atoms with Crippen LogP contribution in [0, 0.1) is 6.92 Å². The molecule has 1 aromatic heterocycles. The van der Waals surface area contributed by atoms with E-state index in [1.165, 1.54) is 0 Å². The van der Waals surface area contributed by atoms with E-state index in [-0.39, 0.29) is 0 Å². The summed E-state index contributed by atoms with van der Waals surface area (Å²) in [4.78, 5) is 4.23. The molecule has 2 rings (SSSR count). The van der Waals surface area contributed by atoms with E-state index < -0.39 is 0 Å². The molecule has 0 spiro atoms. The number of hydrogen-bond donors (Lipinski definition) is 0. The molecule has 3 heteroatoms. The molecule has 0 amide bonds. The summed E-state index contributed by atoms with van der Waals surface area (Å²) in [6.07, 6.45) is 0. The minimum absolute atomic E-state index is 0.327. The predicted molar refractivity (Wildman–Crippen MR) is 48.3 cm³/mol. The second-order valence-corrected chi connectivity index (χ2v) is 2.93. The first kappa shape index (κ1) is 7.62. The van der Waals surface area contributed by atoms with Crippen molar-refractivity contribution in [3.8, 4) is 0 Å². The van der Waals surface area contributed by atoms with E-state index >= 15 is 0 Å². The van der Waals surface area contributed by atoms with Gasteiger partial charge in [-0.15, -0.1) is 11.6 Å². The number of benzene rings is 1. The van der Waals surface area contributed by atoms with E-state index in [0.29, 0.717) is 11.8 Å². The summed E-state index contributed by atoms with van der Waals surface area (Å²) in [5.74, 6) is 0.912. The number of alkyl halides is 1. The molecule has 1 aromatic carbocycles. The number of oxazole rings is 1. The Morgan fingerprint density at radius 3 is 3.00 bits per heavy atom. The molecule has 0 fully saturated rings. The van der Waals surface area contributed by atoms with E-state index in [0.717, 1.165) is 16.7 Å². The number of hydrogen-bond acceptors (Lipinski definition) is 2. The van der Waals surface area contributed by atoms with Crippen LogP contribution in [-0.2, 0) is 5.88 Å². The fourth-order valence-electron chi connectivity index (χ4n) is 1.19. The lowest BCUT2D eigenvalue weighted by Gasteiger charge is -1.88. The number of rotatable bonds is 1. The van der Waals surface area contributed by atoms with E-state index in [9.17, 15) is 0 Å². The first-order chi connectivity index (χ1) is 5.81. The van der Waals surface area contributed by atoms with Crippen LogP contribution in [0.25, 0.3) is 11.1 Å². The highest BCUT2D eigenvalue weighted by atomic mass is 35.5. The van der Waals surface area contributed by atoms with Gasteiger partial charge in [-0.05, 0) is 18.6 Å². The lowest BCUT2D eigenvalue weighted by molar-refractivity contribution is 0.555. The molecule has 0 saturated carbocycles. The summed E-state index contributed by atoms with van der Waals surface area (Å²) in [6, 6.07) is 5.84. The predicted octanol–water partition coefficient (Wildman–Crippen LogP) is 2.88. The maximum absolute atomic E-state index is 5.59. The maximum Gasteiger partial charge on any atom is 0.210 e. The highest BCUT2D eigenvalue weighted by molar-refractivity contribution is 6.16. The number of para-hydroxylation sites is 1. The van der Waals surface area contributed by atoms with E-state index in [1.807, 2.05) is 25.1 Å². The number of fused-ring (bicyclic) bond motifs is 1. The van der Waals surface area contributed by atoms with E-state index in [1.54, 1.807) is 0 Å². The molecule has 0 aliphatic heterocycles. The summed E-state index contributed by atoms with van der Waals surface area (Å²) >= 11 is 5.59. The summed E-state index contributed by atoms with van der Waals surface area (Å²) in [6.45, 7) is 2.00. The molecule has 0 atom stereocenters. The zero-order valence-corrected chi connectivity index (χ0v) is 7.43. The second-order valence-electron chi connectivity index (χ2n) is 2.66. The van der Waals surface area contributed by atoms with Gasteiger partial charge in [-0.25, -0.2) is 4.98 Å². The van der Waals surface area contributed by atoms with Crippen molar-refractivity contribution in [1.29, 1.82) is 0 Å². The third-order valence-corrected chi connectivity index (χ3v) is 2.01. The smallest absolute Gasteiger partial charge is 0.210 e. The van der Waals surface area contributed by atoms with Gasteiger partial charge in [0.2, 0.25) is 5.89 Å². The topological polar surface area (TPSA) is 26.0 Å². The molecule has 62 valence electrons. The summed E-state index contributed by atoms with van der Waals surface area (Å²) in [7, 11) is 0. The summed E-state index contributed by atoms with van der Waals surface area (Å²) in [5, 5.41) is 0. The van der Waals surface area contributed by atoms with Gasteiger partial charge in [0.25, 0.3) is 0 Å². The molecule has 0 N–H and O–H groups in total. The molecule has 0 unspecified atom stereocenters. The maximum atomic E-state index is 5.59. The fourth-order valence-corrected chi connectivity index (χ4v) is 1.30. The van der Waals surface area contributed by atoms with Crippen molar-refractivity contribution in [3.05, 3.63) is 29.7 Å². The average Bonchev–Trinajstić information content (AvgIpc) is 2.49. The first-order valence-electron chi connectivity index (χ1n) is 3.72. The van der Waals surface area contributed by atoms with Crippen molar-refractivity contribution in [2.24, 2.45) is 0 Å². The zero-order chi connectivity index (χ0) is 8.55. The molecule has 0 saturated heterocycles. The fraction of sp³-hybridized carbons (Fsp3) is 0.222. The van der Waals surface area contributed by atoms with Crippen molar-refractivity contribution >= 4 is 22.7 Å². The lowest BCUT2D eigenvalue weighted by Crippen LogP contribution is -1.76. The molecule has 12 heavy (non-hydrogen) atoms. The van der Waals surface area contributed by atoms with Crippen molar-refractivity contribution in [2.75, 3.05) is 0 Å². The third kappa shape index (κ3) is 1.08. The van der Waals surface area contributed by atoms with Gasteiger partial charge in [-0.2, -0.15) is 0 Å². The van der Waals surface area contributed by atoms with Crippen LogP contribution >= 0.6 is 11.6 Å². The zero-order valence-electron chi connectivity index (χ0n) is 6.67. The first-order valence-corrected chi connectivity index (χ1v) is 4.25. The van der Waals surface area contributed by atoms with Crippen LogP contribution in [0.4, 0.5) is 0 Å². The Bertz CT molecular complexity index is 408. The van der Waals surface area contributed by atoms with Crippen molar-refractivity contribution < 1.29 is 4.42 Å². The minimum Gasteiger partial charge on any atom is -0.439 e. The Hall–Kier alpha value is -1.02. The van der Waals surface area contributed by atoms with Gasteiger partial charge in [0.1, 0.15) is 5.52 Å². The van der Waals surface area contributed by atoms with Crippen molar-refractivity contribution in [2.45, 2.75) is 12.8 Å². The highest BCUT2D eigenvalue weighted by Gasteiger charge is 2.05. The monoisotopic (exact) mass is 181 g/mol. The molecule has 0 aliphatic rings. The molecule has 0 aliphatic carbocycles. The number of nitrogens with zero attached hydrogens (tertiary/aromatic N) is 1. The van der Waals surface area contributed by atoms with Crippen LogP contribution in [0.1, 0.15) is 11.5 Å². The van der Waals surface area contributed by atoms with Crippen LogP contribution in [0.2, 0.25) is 0 Å². The summed E-state index contributed by atoms with van der Waals surface area (Å²) in [5.41, 5.74) is 2.84. The number of aryl methyl sites for hydroxylation is 1. The van der Waals surface area contributed by atoms with Crippen LogP contribution in [0.3, 0.4) is 0 Å². The quantitative estimate of drug-likeness (QED) is 0.633. The summed E-state index contributed by atoms with van der Waals surface area (Å²) < 4.78 is 5.35. The molecular weight excluding hydrogens is 174 g/mol. The molecule has 2 nitrogen and oxygen atoms in total. The molecule has 2 aromatic rings. The lowest BCUT2D eigenvalue weighted by atomic mass is 10.2. The normalized spacial score (nSPS) is 10.8. The molecule has 0 radical (unpaired) electrons. The largest absolute Gasteiger partial charge is 0.439 e. The molecule has 0 bridgehead atoms. The van der Waals surface area contributed by atoms with Gasteiger partial charge < -0.3 is 4.42 Å². The van der Waals surface area contributed by atoms with E-state index in [4.69, 9.17) is 16.0 Å². The van der Waals surface area contributed by atoms with Gasteiger partial charge >= 0.3 is 0 Å². The molecular formula is C9H8ClNO. The van der Waals surface area contributed by atoms with Crippen molar-refractivity contribution in [1.82, 2.24) is 4.98 Å². The van der Waals surface area contributed by atoms with Gasteiger partial charge in [-0.3, -0.25) is 0 Å². The van der Waals surface area contributed by atoms with Gasteiger partial charge in [0.15, 0.2) is 5.58 Å². The van der Waals surface area contributed by atoms with Crippen LogP contribution < -0.4 is 0 Å². The number of halogens is 1. The van der Waals surface area contributed by atoms with E-state index in [2.05, 4.69) is 4.98 Å². The Balaban J connectivity index is 2.74. The number of aromatic nitrogens is 1. The Kier molecular flexibility index (Phi) is 1.77. The Morgan fingerprint density at radius 1 is 1.50 bits per heavy atom. The SMILES string of the molecule is Cc1cccc2oc(CCl)nc12. The average molecular weight is 182 g/mol.